The van der Waals surface area contributed by atoms with Gasteiger partial charge in [-0.25, -0.2) is 0 Å². The number of rotatable bonds is 15. The molecule has 2 rings (SSSR count). The van der Waals surface area contributed by atoms with Gasteiger partial charge in [0.05, 0.1) is 20.3 Å². The quantitative estimate of drug-likeness (QED) is 0.394. The summed E-state index contributed by atoms with van der Waals surface area (Å²) in [6, 6.07) is 12.8. The van der Waals surface area contributed by atoms with Crippen molar-refractivity contribution in [3.05, 3.63) is 53.6 Å². The Morgan fingerprint density at radius 2 is 1.57 bits per heavy atom. The Balaban J connectivity index is 2.21. The van der Waals surface area contributed by atoms with Gasteiger partial charge in [0.25, 0.3) is 0 Å². The summed E-state index contributed by atoms with van der Waals surface area (Å²) in [4.78, 5) is 28.1. The molecule has 0 heterocycles. The smallest absolute Gasteiger partial charge is 0.242 e. The van der Waals surface area contributed by atoms with Crippen molar-refractivity contribution in [3.63, 3.8) is 0 Å². The monoisotopic (exact) mass is 484 g/mol. The van der Waals surface area contributed by atoms with E-state index in [1.807, 2.05) is 70.2 Å². The van der Waals surface area contributed by atoms with Crippen molar-refractivity contribution in [1.82, 2.24) is 10.2 Å². The van der Waals surface area contributed by atoms with Crippen LogP contribution in [0.5, 0.6) is 17.2 Å². The highest BCUT2D eigenvalue weighted by atomic mass is 16.5. The topological polar surface area (TPSA) is 77.1 Å². The lowest BCUT2D eigenvalue weighted by Gasteiger charge is -2.31. The number of ether oxygens (including phenoxy) is 3. The van der Waals surface area contributed by atoms with Crippen molar-refractivity contribution in [2.45, 2.75) is 66.0 Å². The molecule has 1 atom stereocenters. The fourth-order valence-corrected chi connectivity index (χ4v) is 3.86. The molecule has 0 spiro atoms. The van der Waals surface area contributed by atoms with E-state index in [1.165, 1.54) is 0 Å². The first-order valence-electron chi connectivity index (χ1n) is 12.6. The van der Waals surface area contributed by atoms with Crippen LogP contribution in [0.4, 0.5) is 0 Å². The fraction of sp³-hybridized carbons (Fsp3) is 0.500. The number of nitrogens with one attached hydrogen (secondary N) is 1. The molecule has 2 amide bonds. The predicted molar refractivity (Wildman–Crippen MR) is 138 cm³/mol. The molecule has 0 fully saturated rings. The first-order valence-corrected chi connectivity index (χ1v) is 12.6. The third-order valence-electron chi connectivity index (χ3n) is 5.68. The van der Waals surface area contributed by atoms with Crippen LogP contribution in [0.3, 0.4) is 0 Å². The Labute approximate surface area is 209 Å². The second-order valence-corrected chi connectivity index (χ2v) is 8.23. The van der Waals surface area contributed by atoms with Gasteiger partial charge in [-0.15, -0.1) is 0 Å². The predicted octanol–water partition coefficient (Wildman–Crippen LogP) is 4.76. The number of benzene rings is 2. The van der Waals surface area contributed by atoms with E-state index in [1.54, 1.807) is 12.0 Å². The second-order valence-electron chi connectivity index (χ2n) is 8.23. The van der Waals surface area contributed by atoms with Crippen LogP contribution in [-0.4, -0.2) is 49.6 Å². The van der Waals surface area contributed by atoms with E-state index in [0.29, 0.717) is 50.6 Å². The standard InChI is InChI=1S/C28H40N2O5/c1-6-18-29-28(32)24(7-2)30(20-22-10-14-23(33-5)15-11-22)27(31)17-13-21-12-16-25(34-8-3)26(19-21)35-9-4/h10-12,14-16,19,24H,6-9,13,17-18,20H2,1-5H3,(H,29,32). The zero-order valence-corrected chi connectivity index (χ0v) is 21.8. The highest BCUT2D eigenvalue weighted by molar-refractivity contribution is 5.87. The molecule has 7 heteroatoms. The summed E-state index contributed by atoms with van der Waals surface area (Å²) in [6.07, 6.45) is 2.20. The second kappa shape index (κ2) is 14.9. The van der Waals surface area contributed by atoms with E-state index in [9.17, 15) is 9.59 Å². The van der Waals surface area contributed by atoms with Gasteiger partial charge in [0.15, 0.2) is 11.5 Å². The normalized spacial score (nSPS) is 11.5. The average molecular weight is 485 g/mol. The summed E-state index contributed by atoms with van der Waals surface area (Å²) in [5.41, 5.74) is 1.93. The molecule has 0 saturated carbocycles. The minimum absolute atomic E-state index is 0.0637. The van der Waals surface area contributed by atoms with Crippen molar-refractivity contribution >= 4 is 11.8 Å². The Bertz CT molecular complexity index is 929. The van der Waals surface area contributed by atoms with Crippen LogP contribution in [0.15, 0.2) is 42.5 Å². The molecule has 0 saturated heterocycles. The van der Waals surface area contributed by atoms with E-state index >= 15 is 0 Å². The number of nitrogens with zero attached hydrogens (tertiary/aromatic N) is 1. The highest BCUT2D eigenvalue weighted by Gasteiger charge is 2.28. The summed E-state index contributed by atoms with van der Waals surface area (Å²) in [5.74, 6) is 1.95. The van der Waals surface area contributed by atoms with Gasteiger partial charge in [0.1, 0.15) is 11.8 Å². The maximum atomic E-state index is 13.5. The first kappa shape index (κ1) is 28.0. The Hall–Kier alpha value is -3.22. The van der Waals surface area contributed by atoms with Crippen LogP contribution >= 0.6 is 0 Å². The lowest BCUT2D eigenvalue weighted by atomic mass is 10.1. The van der Waals surface area contributed by atoms with Gasteiger partial charge in [-0.1, -0.05) is 32.0 Å². The van der Waals surface area contributed by atoms with E-state index < -0.39 is 6.04 Å². The molecule has 0 aromatic heterocycles. The summed E-state index contributed by atoms with van der Waals surface area (Å²) in [6.45, 7) is 9.83. The van der Waals surface area contributed by atoms with Crippen LogP contribution in [-0.2, 0) is 22.6 Å². The molecule has 1 unspecified atom stereocenters. The minimum Gasteiger partial charge on any atom is -0.497 e. The van der Waals surface area contributed by atoms with E-state index in [4.69, 9.17) is 14.2 Å². The fourth-order valence-electron chi connectivity index (χ4n) is 3.86. The van der Waals surface area contributed by atoms with Crippen LogP contribution < -0.4 is 19.5 Å². The van der Waals surface area contributed by atoms with Gasteiger partial charge in [-0.05, 0) is 68.5 Å². The van der Waals surface area contributed by atoms with Crippen molar-refractivity contribution in [1.29, 1.82) is 0 Å². The van der Waals surface area contributed by atoms with Gasteiger partial charge in [0, 0.05) is 19.5 Å². The maximum absolute atomic E-state index is 13.5. The van der Waals surface area contributed by atoms with Crippen molar-refractivity contribution < 1.29 is 23.8 Å². The van der Waals surface area contributed by atoms with Gasteiger partial charge < -0.3 is 24.4 Å². The maximum Gasteiger partial charge on any atom is 0.242 e. The van der Waals surface area contributed by atoms with Gasteiger partial charge >= 0.3 is 0 Å². The van der Waals surface area contributed by atoms with E-state index in [-0.39, 0.29) is 18.2 Å². The molecule has 35 heavy (non-hydrogen) atoms. The van der Waals surface area contributed by atoms with Crippen molar-refractivity contribution in [2.24, 2.45) is 0 Å². The molecule has 1 N–H and O–H groups in total. The van der Waals surface area contributed by atoms with Gasteiger partial charge in [-0.2, -0.15) is 0 Å². The number of hydrogen-bond donors (Lipinski definition) is 1. The van der Waals surface area contributed by atoms with Crippen molar-refractivity contribution in [2.75, 3.05) is 26.9 Å². The summed E-state index contributed by atoms with van der Waals surface area (Å²) in [7, 11) is 1.62. The zero-order chi connectivity index (χ0) is 25.6. The molecular weight excluding hydrogens is 444 g/mol. The summed E-state index contributed by atoms with van der Waals surface area (Å²) >= 11 is 0. The number of hydrogen-bond acceptors (Lipinski definition) is 5. The molecule has 0 aliphatic heterocycles. The number of methoxy groups -OCH3 is 1. The minimum atomic E-state index is -0.532. The third kappa shape index (κ3) is 8.50. The number of amides is 2. The third-order valence-corrected chi connectivity index (χ3v) is 5.68. The molecule has 0 aliphatic rings. The number of aryl methyl sites for hydroxylation is 1. The summed E-state index contributed by atoms with van der Waals surface area (Å²) in [5, 5.41) is 2.95. The lowest BCUT2D eigenvalue weighted by Crippen LogP contribution is -2.49. The Morgan fingerprint density at radius 1 is 0.914 bits per heavy atom. The van der Waals surface area contributed by atoms with Gasteiger partial charge in [0.2, 0.25) is 11.8 Å². The number of carbonyl (C=O) groups is 2. The molecule has 2 aromatic carbocycles. The van der Waals surface area contributed by atoms with E-state index in [2.05, 4.69) is 5.32 Å². The molecule has 0 aliphatic carbocycles. The molecule has 0 bridgehead atoms. The average Bonchev–Trinajstić information content (AvgIpc) is 2.87. The first-order chi connectivity index (χ1) is 17.0. The largest absolute Gasteiger partial charge is 0.497 e. The lowest BCUT2D eigenvalue weighted by molar-refractivity contribution is -0.141. The Morgan fingerprint density at radius 3 is 2.17 bits per heavy atom. The van der Waals surface area contributed by atoms with Crippen LogP contribution in [0.2, 0.25) is 0 Å². The van der Waals surface area contributed by atoms with Crippen LogP contribution in [0.1, 0.15) is 58.1 Å². The van der Waals surface area contributed by atoms with E-state index in [0.717, 1.165) is 23.3 Å². The summed E-state index contributed by atoms with van der Waals surface area (Å²) < 4.78 is 16.6. The zero-order valence-electron chi connectivity index (χ0n) is 21.8. The SMILES string of the molecule is CCCNC(=O)C(CC)N(Cc1ccc(OC)cc1)C(=O)CCc1ccc(OCC)c(OCC)c1. The highest BCUT2D eigenvalue weighted by Crippen LogP contribution is 2.29. The van der Waals surface area contributed by atoms with Gasteiger partial charge in [-0.3, -0.25) is 9.59 Å². The van der Waals surface area contributed by atoms with Crippen LogP contribution in [0.25, 0.3) is 0 Å². The Kier molecular flexibility index (Phi) is 11.9. The van der Waals surface area contributed by atoms with Crippen molar-refractivity contribution in [3.8, 4) is 17.2 Å². The molecule has 0 radical (unpaired) electrons. The molecule has 7 nitrogen and oxygen atoms in total. The van der Waals surface area contributed by atoms with Crippen LogP contribution in [0, 0.1) is 0 Å². The number of carbonyl (C=O) groups excluding carboxylic acids is 2. The molecule has 192 valence electrons. The molecule has 2 aromatic rings. The molecular formula is C28H40N2O5.